The second-order valence-electron chi connectivity index (χ2n) is 3.50. The summed E-state index contributed by atoms with van der Waals surface area (Å²) in [6.45, 7) is 3.72. The standard InChI is InChI=1S/C8H14ClN3O2S2/c1-3-7-10-11-8(15-7)12-16(13,14)5-6(2)4-9/h6H,3-5H2,1-2H3,(H,11,12). The van der Waals surface area contributed by atoms with Crippen LogP contribution in [0.4, 0.5) is 5.13 Å². The molecule has 1 unspecified atom stereocenters. The van der Waals surface area contributed by atoms with Crippen LogP contribution >= 0.6 is 22.9 Å². The van der Waals surface area contributed by atoms with Crippen LogP contribution in [0.3, 0.4) is 0 Å². The Kier molecular flexibility index (Phi) is 4.94. The lowest BCUT2D eigenvalue weighted by molar-refractivity contribution is 0.588. The first kappa shape index (κ1) is 13.7. The predicted molar refractivity (Wildman–Crippen MR) is 66.6 cm³/mol. The van der Waals surface area contributed by atoms with E-state index in [9.17, 15) is 8.42 Å². The average Bonchev–Trinajstić information content (AvgIpc) is 2.63. The lowest BCUT2D eigenvalue weighted by atomic mass is 10.3. The van der Waals surface area contributed by atoms with Gasteiger partial charge in [0.25, 0.3) is 0 Å². The molecular formula is C8H14ClN3O2S2. The third-order valence-corrected chi connectivity index (χ3v) is 4.93. The van der Waals surface area contributed by atoms with E-state index in [0.29, 0.717) is 11.0 Å². The Balaban J connectivity index is 2.65. The highest BCUT2D eigenvalue weighted by Gasteiger charge is 2.17. The summed E-state index contributed by atoms with van der Waals surface area (Å²) in [6.07, 6.45) is 0.747. The molecule has 0 fully saturated rings. The van der Waals surface area contributed by atoms with Gasteiger partial charge in [0.2, 0.25) is 15.2 Å². The van der Waals surface area contributed by atoms with Gasteiger partial charge >= 0.3 is 0 Å². The van der Waals surface area contributed by atoms with Crippen molar-refractivity contribution < 1.29 is 8.42 Å². The van der Waals surface area contributed by atoms with E-state index in [1.807, 2.05) is 6.92 Å². The first-order valence-corrected chi connectivity index (χ1v) is 7.86. The molecule has 8 heteroatoms. The molecule has 1 atom stereocenters. The summed E-state index contributed by atoms with van der Waals surface area (Å²) in [5.74, 6) is 0.229. The summed E-state index contributed by atoms with van der Waals surface area (Å²) in [4.78, 5) is 0. The van der Waals surface area contributed by atoms with Crippen molar-refractivity contribution in [2.75, 3.05) is 16.4 Å². The molecular weight excluding hydrogens is 270 g/mol. The highest BCUT2D eigenvalue weighted by Crippen LogP contribution is 2.17. The summed E-state index contributed by atoms with van der Waals surface area (Å²) in [5, 5.41) is 8.71. The summed E-state index contributed by atoms with van der Waals surface area (Å²) >= 11 is 6.82. The minimum atomic E-state index is -3.37. The Morgan fingerprint density at radius 3 is 2.69 bits per heavy atom. The Bertz CT molecular complexity index is 432. The fourth-order valence-electron chi connectivity index (χ4n) is 1.03. The highest BCUT2D eigenvalue weighted by atomic mass is 35.5. The SMILES string of the molecule is CCc1nnc(NS(=O)(=O)CC(C)CCl)s1. The number of hydrogen-bond acceptors (Lipinski definition) is 5. The van der Waals surface area contributed by atoms with Gasteiger partial charge < -0.3 is 0 Å². The number of alkyl halides is 1. The second kappa shape index (κ2) is 5.79. The normalized spacial score (nSPS) is 13.7. The maximum atomic E-state index is 11.6. The Morgan fingerprint density at radius 1 is 1.50 bits per heavy atom. The highest BCUT2D eigenvalue weighted by molar-refractivity contribution is 7.92. The summed E-state index contributed by atoms with van der Waals surface area (Å²) in [5.41, 5.74) is 0. The van der Waals surface area contributed by atoms with E-state index < -0.39 is 10.0 Å². The Labute approximate surface area is 104 Å². The molecule has 5 nitrogen and oxygen atoms in total. The van der Waals surface area contributed by atoms with Crippen LogP contribution in [0.15, 0.2) is 0 Å². The molecule has 1 N–H and O–H groups in total. The number of halogens is 1. The van der Waals surface area contributed by atoms with Gasteiger partial charge in [-0.3, -0.25) is 4.72 Å². The molecule has 0 saturated heterocycles. The van der Waals surface area contributed by atoms with Crippen molar-refractivity contribution in [1.82, 2.24) is 10.2 Å². The lowest BCUT2D eigenvalue weighted by Gasteiger charge is -2.08. The monoisotopic (exact) mass is 283 g/mol. The van der Waals surface area contributed by atoms with Gasteiger partial charge in [-0.1, -0.05) is 25.2 Å². The summed E-state index contributed by atoms with van der Waals surface area (Å²) in [7, 11) is -3.37. The van der Waals surface area contributed by atoms with Crippen molar-refractivity contribution in [3.63, 3.8) is 0 Å². The smallest absolute Gasteiger partial charge is 0.234 e. The van der Waals surface area contributed by atoms with Crippen molar-refractivity contribution in [1.29, 1.82) is 0 Å². The molecule has 0 aliphatic heterocycles. The molecule has 0 aromatic carbocycles. The van der Waals surface area contributed by atoms with E-state index in [-0.39, 0.29) is 11.7 Å². The number of sulfonamides is 1. The minimum absolute atomic E-state index is 0.00244. The van der Waals surface area contributed by atoms with E-state index in [1.54, 1.807) is 6.92 Å². The molecule has 0 aliphatic rings. The number of aromatic nitrogens is 2. The van der Waals surface area contributed by atoms with Crippen LogP contribution in [0.5, 0.6) is 0 Å². The van der Waals surface area contributed by atoms with Gasteiger partial charge in [0.15, 0.2) is 0 Å². The molecule has 1 aromatic rings. The zero-order chi connectivity index (χ0) is 12.2. The van der Waals surface area contributed by atoms with Gasteiger partial charge in [0.1, 0.15) is 5.01 Å². The zero-order valence-corrected chi connectivity index (χ0v) is 11.5. The van der Waals surface area contributed by atoms with Crippen molar-refractivity contribution in [2.24, 2.45) is 5.92 Å². The molecule has 16 heavy (non-hydrogen) atoms. The maximum absolute atomic E-state index is 11.6. The maximum Gasteiger partial charge on any atom is 0.234 e. The van der Waals surface area contributed by atoms with Crippen molar-refractivity contribution >= 4 is 38.1 Å². The first-order chi connectivity index (χ1) is 7.46. The summed E-state index contributed by atoms with van der Waals surface area (Å²) < 4.78 is 25.7. The van der Waals surface area contributed by atoms with E-state index >= 15 is 0 Å². The van der Waals surface area contributed by atoms with E-state index in [4.69, 9.17) is 11.6 Å². The van der Waals surface area contributed by atoms with Crippen molar-refractivity contribution in [3.8, 4) is 0 Å². The first-order valence-electron chi connectivity index (χ1n) is 4.85. The molecule has 92 valence electrons. The van der Waals surface area contributed by atoms with Crippen molar-refractivity contribution in [3.05, 3.63) is 5.01 Å². The number of nitrogens with one attached hydrogen (secondary N) is 1. The number of anilines is 1. The Hall–Kier alpha value is -0.400. The number of aryl methyl sites for hydroxylation is 1. The number of hydrogen-bond donors (Lipinski definition) is 1. The van der Waals surface area contributed by atoms with Gasteiger partial charge in [-0.15, -0.1) is 21.8 Å². The van der Waals surface area contributed by atoms with E-state index in [0.717, 1.165) is 11.4 Å². The van der Waals surface area contributed by atoms with Crippen LogP contribution < -0.4 is 4.72 Å². The molecule has 0 spiro atoms. The number of rotatable bonds is 6. The van der Waals surface area contributed by atoms with Gasteiger partial charge in [-0.2, -0.15) is 0 Å². The molecule has 0 bridgehead atoms. The molecule has 1 heterocycles. The van der Waals surface area contributed by atoms with Crippen LogP contribution in [0, 0.1) is 5.92 Å². The number of nitrogens with zero attached hydrogens (tertiary/aromatic N) is 2. The molecule has 0 saturated carbocycles. The quantitative estimate of drug-likeness (QED) is 0.807. The largest absolute Gasteiger partial charge is 0.257 e. The van der Waals surface area contributed by atoms with Crippen LogP contribution in [0.2, 0.25) is 0 Å². The third-order valence-electron chi connectivity index (χ3n) is 1.78. The topological polar surface area (TPSA) is 72.0 Å². The Morgan fingerprint density at radius 2 is 2.19 bits per heavy atom. The fourth-order valence-corrected chi connectivity index (χ4v) is 3.61. The van der Waals surface area contributed by atoms with Gasteiger partial charge in [-0.25, -0.2) is 8.42 Å². The predicted octanol–water partition coefficient (Wildman–Crippen LogP) is 1.72. The molecule has 0 aliphatic carbocycles. The second-order valence-corrected chi connectivity index (χ2v) is 6.64. The van der Waals surface area contributed by atoms with Gasteiger partial charge in [-0.05, 0) is 12.3 Å². The molecule has 1 rings (SSSR count). The van der Waals surface area contributed by atoms with Gasteiger partial charge in [0, 0.05) is 5.88 Å². The van der Waals surface area contributed by atoms with Crippen LogP contribution in [0.1, 0.15) is 18.9 Å². The molecule has 1 aromatic heterocycles. The van der Waals surface area contributed by atoms with Crippen LogP contribution in [-0.4, -0.2) is 30.2 Å². The third kappa shape index (κ3) is 4.23. The van der Waals surface area contributed by atoms with E-state index in [2.05, 4.69) is 14.9 Å². The van der Waals surface area contributed by atoms with Crippen molar-refractivity contribution in [2.45, 2.75) is 20.3 Å². The average molecular weight is 284 g/mol. The summed E-state index contributed by atoms with van der Waals surface area (Å²) in [6, 6.07) is 0. The fraction of sp³-hybridized carbons (Fsp3) is 0.750. The van der Waals surface area contributed by atoms with Gasteiger partial charge in [0.05, 0.1) is 5.75 Å². The molecule has 0 radical (unpaired) electrons. The van der Waals surface area contributed by atoms with Crippen LogP contribution in [0.25, 0.3) is 0 Å². The molecule has 0 amide bonds. The zero-order valence-electron chi connectivity index (χ0n) is 9.10. The van der Waals surface area contributed by atoms with E-state index in [1.165, 1.54) is 11.3 Å². The lowest BCUT2D eigenvalue weighted by Crippen LogP contribution is -2.22. The minimum Gasteiger partial charge on any atom is -0.257 e. The van der Waals surface area contributed by atoms with Crippen LogP contribution in [-0.2, 0) is 16.4 Å².